The van der Waals surface area contributed by atoms with E-state index in [0.717, 1.165) is 17.7 Å². The molecule has 0 aliphatic rings. The normalized spacial score (nSPS) is 14.5. The molecule has 0 saturated heterocycles. The van der Waals surface area contributed by atoms with Crippen LogP contribution in [-0.4, -0.2) is 17.6 Å². The Hall–Kier alpha value is -1.29. The van der Waals surface area contributed by atoms with E-state index in [1.54, 1.807) is 6.92 Å². The largest absolute Gasteiger partial charge is 0.466 e. The lowest BCUT2D eigenvalue weighted by Gasteiger charge is -2.23. The molecule has 0 saturated carbocycles. The summed E-state index contributed by atoms with van der Waals surface area (Å²) in [6.07, 6.45) is 1.36. The molecular formula is C15H25NO3. The van der Waals surface area contributed by atoms with Crippen molar-refractivity contribution in [3.8, 4) is 0 Å². The maximum atomic E-state index is 11.7. The minimum Gasteiger partial charge on any atom is -0.466 e. The third kappa shape index (κ3) is 4.71. The van der Waals surface area contributed by atoms with Gasteiger partial charge in [0.05, 0.1) is 6.54 Å². The van der Waals surface area contributed by atoms with Gasteiger partial charge in [0.1, 0.15) is 17.1 Å². The summed E-state index contributed by atoms with van der Waals surface area (Å²) in [6, 6.07) is 1.82. The fraction of sp³-hybridized carbons (Fsp3) is 0.667. The Kier molecular flexibility index (Phi) is 5.18. The van der Waals surface area contributed by atoms with Gasteiger partial charge in [0.2, 0.25) is 5.91 Å². The fourth-order valence-electron chi connectivity index (χ4n) is 2.04. The molecule has 0 aliphatic heterocycles. The maximum absolute atomic E-state index is 11.7. The van der Waals surface area contributed by atoms with Crippen LogP contribution in [-0.2, 0) is 10.4 Å². The summed E-state index contributed by atoms with van der Waals surface area (Å²) in [5.41, 5.74) is -0.371. The van der Waals surface area contributed by atoms with Gasteiger partial charge in [-0.1, -0.05) is 13.8 Å². The Morgan fingerprint density at radius 1 is 1.47 bits per heavy atom. The van der Waals surface area contributed by atoms with E-state index in [0.29, 0.717) is 18.1 Å². The Labute approximate surface area is 115 Å². The Bertz CT molecular complexity index is 433. The van der Waals surface area contributed by atoms with E-state index in [4.69, 9.17) is 4.42 Å². The topological polar surface area (TPSA) is 62.5 Å². The van der Waals surface area contributed by atoms with Crippen molar-refractivity contribution in [2.24, 2.45) is 5.92 Å². The molecule has 108 valence electrons. The summed E-state index contributed by atoms with van der Waals surface area (Å²) < 4.78 is 5.41. The molecular weight excluding hydrogens is 242 g/mol. The zero-order valence-electron chi connectivity index (χ0n) is 12.5. The monoisotopic (exact) mass is 267 g/mol. The molecule has 0 aromatic carbocycles. The van der Waals surface area contributed by atoms with E-state index in [9.17, 15) is 9.90 Å². The molecule has 4 nitrogen and oxygen atoms in total. The molecule has 1 unspecified atom stereocenters. The number of carbonyl (C=O) groups is 1. The molecule has 0 fully saturated rings. The SMILES string of the molecule is Cc1cc(C(C)(O)CNC(=O)CCC(C)C)c(C)o1. The van der Waals surface area contributed by atoms with Gasteiger partial charge in [0, 0.05) is 12.0 Å². The second-order valence-corrected chi connectivity index (χ2v) is 5.81. The summed E-state index contributed by atoms with van der Waals surface area (Å²) in [6.45, 7) is 9.71. The first-order chi connectivity index (χ1) is 8.72. The van der Waals surface area contributed by atoms with Crippen molar-refractivity contribution in [1.82, 2.24) is 5.32 Å². The van der Waals surface area contributed by atoms with Crippen LogP contribution in [0.1, 0.15) is 50.7 Å². The number of carbonyl (C=O) groups excluding carboxylic acids is 1. The van der Waals surface area contributed by atoms with E-state index in [1.807, 2.05) is 19.9 Å². The number of rotatable bonds is 6. The molecule has 0 radical (unpaired) electrons. The number of furan rings is 1. The molecule has 1 heterocycles. The van der Waals surface area contributed by atoms with E-state index in [2.05, 4.69) is 19.2 Å². The molecule has 2 N–H and O–H groups in total. The second kappa shape index (κ2) is 6.24. The number of nitrogens with one attached hydrogen (secondary N) is 1. The van der Waals surface area contributed by atoms with Gasteiger partial charge in [0.15, 0.2) is 0 Å². The van der Waals surface area contributed by atoms with Crippen LogP contribution in [0.5, 0.6) is 0 Å². The molecule has 4 heteroatoms. The number of aryl methyl sites for hydroxylation is 2. The maximum Gasteiger partial charge on any atom is 0.220 e. The first kappa shape index (κ1) is 15.8. The average Bonchev–Trinajstić information content (AvgIpc) is 2.64. The summed E-state index contributed by atoms with van der Waals surface area (Å²) in [5.74, 6) is 1.94. The summed E-state index contributed by atoms with van der Waals surface area (Å²) >= 11 is 0. The van der Waals surface area contributed by atoms with Crippen molar-refractivity contribution in [1.29, 1.82) is 0 Å². The molecule has 0 aliphatic carbocycles. The van der Waals surface area contributed by atoms with Gasteiger partial charge in [-0.2, -0.15) is 0 Å². The number of hydrogen-bond donors (Lipinski definition) is 2. The number of aliphatic hydroxyl groups is 1. The van der Waals surface area contributed by atoms with Crippen LogP contribution in [0, 0.1) is 19.8 Å². The van der Waals surface area contributed by atoms with E-state index in [-0.39, 0.29) is 12.5 Å². The van der Waals surface area contributed by atoms with Crippen LogP contribution < -0.4 is 5.32 Å². The van der Waals surface area contributed by atoms with Gasteiger partial charge in [-0.3, -0.25) is 4.79 Å². The molecule has 0 spiro atoms. The van der Waals surface area contributed by atoms with Crippen molar-refractivity contribution in [2.75, 3.05) is 6.54 Å². The van der Waals surface area contributed by atoms with Gasteiger partial charge in [-0.05, 0) is 39.2 Å². The fourth-order valence-corrected chi connectivity index (χ4v) is 2.04. The van der Waals surface area contributed by atoms with E-state index >= 15 is 0 Å². The standard InChI is InChI=1S/C15H25NO3/c1-10(2)6-7-14(17)16-9-15(5,18)13-8-11(3)19-12(13)4/h8,10,18H,6-7,9H2,1-5H3,(H,16,17). The van der Waals surface area contributed by atoms with Gasteiger partial charge in [0.25, 0.3) is 0 Å². The van der Waals surface area contributed by atoms with Gasteiger partial charge in [-0.25, -0.2) is 0 Å². The predicted octanol–water partition coefficient (Wildman–Crippen LogP) is 2.66. The van der Waals surface area contributed by atoms with Gasteiger partial charge >= 0.3 is 0 Å². The lowest BCUT2D eigenvalue weighted by Crippen LogP contribution is -2.38. The van der Waals surface area contributed by atoms with Crippen LogP contribution in [0.25, 0.3) is 0 Å². The average molecular weight is 267 g/mol. The minimum atomic E-state index is -1.10. The molecule has 1 aromatic heterocycles. The van der Waals surface area contributed by atoms with E-state index in [1.165, 1.54) is 0 Å². The van der Waals surface area contributed by atoms with Crippen LogP contribution in [0.15, 0.2) is 10.5 Å². The summed E-state index contributed by atoms with van der Waals surface area (Å²) in [4.78, 5) is 11.7. The number of amides is 1. The first-order valence-electron chi connectivity index (χ1n) is 6.79. The summed E-state index contributed by atoms with van der Waals surface area (Å²) in [5, 5.41) is 13.2. The third-order valence-electron chi connectivity index (χ3n) is 3.20. The Morgan fingerprint density at radius 3 is 2.58 bits per heavy atom. The van der Waals surface area contributed by atoms with Gasteiger partial charge in [-0.15, -0.1) is 0 Å². The summed E-state index contributed by atoms with van der Waals surface area (Å²) in [7, 11) is 0. The quantitative estimate of drug-likeness (QED) is 0.833. The Morgan fingerprint density at radius 2 is 2.11 bits per heavy atom. The van der Waals surface area contributed by atoms with Gasteiger partial charge < -0.3 is 14.8 Å². The lowest BCUT2D eigenvalue weighted by atomic mass is 9.96. The van der Waals surface area contributed by atoms with Crippen LogP contribution in [0.4, 0.5) is 0 Å². The smallest absolute Gasteiger partial charge is 0.220 e. The molecule has 0 bridgehead atoms. The zero-order valence-corrected chi connectivity index (χ0v) is 12.5. The van der Waals surface area contributed by atoms with Crippen molar-refractivity contribution in [3.63, 3.8) is 0 Å². The molecule has 19 heavy (non-hydrogen) atoms. The predicted molar refractivity (Wildman–Crippen MR) is 74.8 cm³/mol. The number of hydrogen-bond acceptors (Lipinski definition) is 3. The lowest BCUT2D eigenvalue weighted by molar-refractivity contribution is -0.122. The molecule has 1 aromatic rings. The van der Waals surface area contributed by atoms with Crippen LogP contribution >= 0.6 is 0 Å². The highest BCUT2D eigenvalue weighted by Gasteiger charge is 2.28. The highest BCUT2D eigenvalue weighted by molar-refractivity contribution is 5.75. The van der Waals surface area contributed by atoms with Crippen LogP contribution in [0.2, 0.25) is 0 Å². The molecule has 1 atom stereocenters. The highest BCUT2D eigenvalue weighted by Crippen LogP contribution is 2.26. The van der Waals surface area contributed by atoms with E-state index < -0.39 is 5.60 Å². The van der Waals surface area contributed by atoms with Crippen molar-refractivity contribution >= 4 is 5.91 Å². The third-order valence-corrected chi connectivity index (χ3v) is 3.20. The van der Waals surface area contributed by atoms with Crippen molar-refractivity contribution in [3.05, 3.63) is 23.2 Å². The van der Waals surface area contributed by atoms with Crippen molar-refractivity contribution in [2.45, 2.75) is 53.1 Å². The minimum absolute atomic E-state index is 0.0214. The molecule has 1 amide bonds. The van der Waals surface area contributed by atoms with Crippen molar-refractivity contribution < 1.29 is 14.3 Å². The van der Waals surface area contributed by atoms with Crippen LogP contribution in [0.3, 0.4) is 0 Å². The Balaban J connectivity index is 2.56. The zero-order chi connectivity index (χ0) is 14.6. The second-order valence-electron chi connectivity index (χ2n) is 5.81. The highest BCUT2D eigenvalue weighted by atomic mass is 16.3. The first-order valence-corrected chi connectivity index (χ1v) is 6.79. The molecule has 1 rings (SSSR count).